The monoisotopic (exact) mass is 462 g/mol. The third kappa shape index (κ3) is 6.71. The van der Waals surface area contributed by atoms with Crippen LogP contribution >= 0.6 is 0 Å². The van der Waals surface area contributed by atoms with Gasteiger partial charge in [-0.3, -0.25) is 14.3 Å². The van der Waals surface area contributed by atoms with Crippen molar-refractivity contribution in [2.75, 3.05) is 19.0 Å². The van der Waals surface area contributed by atoms with Gasteiger partial charge in [0, 0.05) is 25.2 Å². The van der Waals surface area contributed by atoms with E-state index >= 15 is 0 Å². The van der Waals surface area contributed by atoms with E-state index in [2.05, 4.69) is 15.7 Å². The van der Waals surface area contributed by atoms with Gasteiger partial charge in [-0.15, -0.1) is 0 Å². The molecular weight excluding hydrogens is 432 g/mol. The summed E-state index contributed by atoms with van der Waals surface area (Å²) < 4.78 is 12.7. The summed E-state index contributed by atoms with van der Waals surface area (Å²) in [6.07, 6.45) is 4.56. The normalized spacial score (nSPS) is 11.0. The lowest BCUT2D eigenvalue weighted by Gasteiger charge is -2.11. The topological polar surface area (TPSA) is 94.5 Å². The van der Waals surface area contributed by atoms with Gasteiger partial charge in [0.05, 0.1) is 19.0 Å². The van der Waals surface area contributed by atoms with Crippen LogP contribution in [0.1, 0.15) is 35.5 Å². The van der Waals surface area contributed by atoms with Crippen molar-refractivity contribution in [3.63, 3.8) is 0 Å². The number of aryl methyl sites for hydroxylation is 1. The van der Waals surface area contributed by atoms with Crippen molar-refractivity contribution in [3.8, 4) is 11.5 Å². The number of aromatic nitrogens is 2. The van der Waals surface area contributed by atoms with E-state index < -0.39 is 0 Å². The van der Waals surface area contributed by atoms with Crippen molar-refractivity contribution >= 4 is 23.6 Å². The highest BCUT2D eigenvalue weighted by atomic mass is 16.5. The van der Waals surface area contributed by atoms with Crippen molar-refractivity contribution in [2.24, 2.45) is 13.0 Å². The van der Waals surface area contributed by atoms with E-state index in [1.54, 1.807) is 20.2 Å². The molecule has 2 amide bonds. The first-order chi connectivity index (χ1) is 16.4. The predicted octanol–water partition coefficient (Wildman–Crippen LogP) is 4.05. The van der Waals surface area contributed by atoms with Crippen LogP contribution in [0.3, 0.4) is 0 Å². The summed E-state index contributed by atoms with van der Waals surface area (Å²) in [5.74, 6) is 1.11. The second kappa shape index (κ2) is 11.7. The zero-order valence-electron chi connectivity index (χ0n) is 19.9. The SMILES string of the molecule is COc1ccc(/C=C/C(=O)Nc2cnn(C)c2C(=O)NCC(C)C)cc1COc1ccccc1. The van der Waals surface area contributed by atoms with Crippen LogP contribution in [0.25, 0.3) is 6.08 Å². The van der Waals surface area contributed by atoms with Gasteiger partial charge in [0.1, 0.15) is 23.8 Å². The Morgan fingerprint density at radius 1 is 1.15 bits per heavy atom. The van der Waals surface area contributed by atoms with Gasteiger partial charge in [0.15, 0.2) is 0 Å². The van der Waals surface area contributed by atoms with Crippen LogP contribution in [0.2, 0.25) is 0 Å². The molecule has 8 nitrogen and oxygen atoms in total. The van der Waals surface area contributed by atoms with Gasteiger partial charge in [-0.05, 0) is 41.8 Å². The fourth-order valence-electron chi connectivity index (χ4n) is 3.22. The van der Waals surface area contributed by atoms with E-state index in [0.717, 1.165) is 16.9 Å². The zero-order valence-corrected chi connectivity index (χ0v) is 19.9. The number of rotatable bonds is 10. The molecule has 3 aromatic rings. The number of ether oxygens (including phenoxy) is 2. The molecule has 0 aliphatic heterocycles. The summed E-state index contributed by atoms with van der Waals surface area (Å²) in [7, 11) is 3.26. The summed E-state index contributed by atoms with van der Waals surface area (Å²) in [5.41, 5.74) is 2.31. The number of carbonyl (C=O) groups excluding carboxylic acids is 2. The molecule has 0 fully saturated rings. The maximum absolute atomic E-state index is 12.5. The Kier molecular flexibility index (Phi) is 8.45. The Hall–Kier alpha value is -4.07. The molecule has 0 aliphatic rings. The van der Waals surface area contributed by atoms with E-state index in [9.17, 15) is 9.59 Å². The molecule has 0 bridgehead atoms. The zero-order chi connectivity index (χ0) is 24.5. The molecule has 34 heavy (non-hydrogen) atoms. The van der Waals surface area contributed by atoms with E-state index in [1.165, 1.54) is 17.0 Å². The van der Waals surface area contributed by atoms with Gasteiger partial charge in [0.2, 0.25) is 5.91 Å². The molecule has 0 saturated heterocycles. The summed E-state index contributed by atoms with van der Waals surface area (Å²) >= 11 is 0. The van der Waals surface area contributed by atoms with Crippen LogP contribution in [0.5, 0.6) is 11.5 Å². The predicted molar refractivity (Wildman–Crippen MR) is 132 cm³/mol. The van der Waals surface area contributed by atoms with Gasteiger partial charge < -0.3 is 20.1 Å². The average Bonchev–Trinajstić information content (AvgIpc) is 3.20. The summed E-state index contributed by atoms with van der Waals surface area (Å²) in [4.78, 5) is 25.0. The molecule has 3 rings (SSSR count). The minimum Gasteiger partial charge on any atom is -0.496 e. The molecule has 2 N–H and O–H groups in total. The van der Waals surface area contributed by atoms with Crippen molar-refractivity contribution < 1.29 is 19.1 Å². The highest BCUT2D eigenvalue weighted by Crippen LogP contribution is 2.23. The summed E-state index contributed by atoms with van der Waals surface area (Å²) in [5, 5.41) is 9.68. The van der Waals surface area contributed by atoms with Crippen molar-refractivity contribution in [2.45, 2.75) is 20.5 Å². The molecule has 0 radical (unpaired) electrons. The molecule has 1 heterocycles. The molecule has 1 aromatic heterocycles. The number of carbonyl (C=O) groups is 2. The number of nitrogens with zero attached hydrogens (tertiary/aromatic N) is 2. The molecule has 8 heteroatoms. The largest absolute Gasteiger partial charge is 0.496 e. The van der Waals surface area contributed by atoms with Crippen LogP contribution in [0.4, 0.5) is 5.69 Å². The molecule has 178 valence electrons. The lowest BCUT2D eigenvalue weighted by atomic mass is 10.1. The first kappa shape index (κ1) is 24.6. The molecule has 0 aliphatic carbocycles. The minimum atomic E-state index is -0.371. The Bertz CT molecular complexity index is 1150. The van der Waals surface area contributed by atoms with Crippen molar-refractivity contribution in [1.82, 2.24) is 15.1 Å². The first-order valence-electron chi connectivity index (χ1n) is 11.0. The number of anilines is 1. The Balaban J connectivity index is 1.67. The van der Waals surface area contributed by atoms with Gasteiger partial charge in [-0.2, -0.15) is 5.10 Å². The molecule has 0 saturated carbocycles. The lowest BCUT2D eigenvalue weighted by molar-refractivity contribution is -0.111. The number of methoxy groups -OCH3 is 1. The number of amides is 2. The number of benzene rings is 2. The van der Waals surface area contributed by atoms with Gasteiger partial charge in [-0.1, -0.05) is 38.1 Å². The van der Waals surface area contributed by atoms with E-state index in [4.69, 9.17) is 9.47 Å². The Morgan fingerprint density at radius 3 is 2.62 bits per heavy atom. The second-order valence-electron chi connectivity index (χ2n) is 8.13. The first-order valence-corrected chi connectivity index (χ1v) is 11.0. The van der Waals surface area contributed by atoms with Gasteiger partial charge in [-0.25, -0.2) is 0 Å². The summed E-state index contributed by atoms with van der Waals surface area (Å²) in [6, 6.07) is 15.1. The van der Waals surface area contributed by atoms with E-state index in [0.29, 0.717) is 36.2 Å². The number of para-hydroxylation sites is 1. The number of hydrogen-bond donors (Lipinski definition) is 2. The Labute approximate surface area is 199 Å². The molecule has 0 spiro atoms. The Morgan fingerprint density at radius 2 is 1.91 bits per heavy atom. The van der Waals surface area contributed by atoms with Gasteiger partial charge >= 0.3 is 0 Å². The highest BCUT2D eigenvalue weighted by Gasteiger charge is 2.18. The van der Waals surface area contributed by atoms with Crippen LogP contribution in [0.15, 0.2) is 60.8 Å². The van der Waals surface area contributed by atoms with Crippen LogP contribution < -0.4 is 20.1 Å². The van der Waals surface area contributed by atoms with Crippen LogP contribution in [-0.2, 0) is 18.4 Å². The number of hydrogen-bond acceptors (Lipinski definition) is 5. The third-order valence-corrected chi connectivity index (χ3v) is 4.95. The molecule has 2 aromatic carbocycles. The highest BCUT2D eigenvalue weighted by molar-refractivity contribution is 6.06. The fourth-order valence-corrected chi connectivity index (χ4v) is 3.22. The smallest absolute Gasteiger partial charge is 0.271 e. The molecule has 0 atom stereocenters. The molecule has 0 unspecified atom stereocenters. The summed E-state index contributed by atoms with van der Waals surface area (Å²) in [6.45, 7) is 4.88. The third-order valence-electron chi connectivity index (χ3n) is 4.95. The maximum Gasteiger partial charge on any atom is 0.271 e. The quantitative estimate of drug-likeness (QED) is 0.444. The second-order valence-corrected chi connectivity index (χ2v) is 8.13. The van der Waals surface area contributed by atoms with Crippen molar-refractivity contribution in [3.05, 3.63) is 77.6 Å². The standard InChI is InChI=1S/C26H30N4O4/c1-18(2)15-27-26(32)25-22(16-28-30(25)3)29-24(31)13-11-19-10-12-23(33-4)20(14-19)17-34-21-8-6-5-7-9-21/h5-14,16,18H,15,17H2,1-4H3,(H,27,32)(H,29,31)/b13-11+. The molecular formula is C26H30N4O4. The number of nitrogens with one attached hydrogen (secondary N) is 2. The van der Waals surface area contributed by atoms with Crippen LogP contribution in [-0.4, -0.2) is 35.2 Å². The average molecular weight is 463 g/mol. The fraction of sp³-hybridized carbons (Fsp3) is 0.269. The maximum atomic E-state index is 12.5. The lowest BCUT2D eigenvalue weighted by Crippen LogP contribution is -2.30. The van der Waals surface area contributed by atoms with Gasteiger partial charge in [0.25, 0.3) is 5.91 Å². The van der Waals surface area contributed by atoms with E-state index in [-0.39, 0.29) is 11.8 Å². The van der Waals surface area contributed by atoms with E-state index in [1.807, 2.05) is 62.4 Å². The van der Waals surface area contributed by atoms with Crippen LogP contribution in [0, 0.1) is 5.92 Å². The minimum absolute atomic E-state index is 0.286. The van der Waals surface area contributed by atoms with Crippen molar-refractivity contribution in [1.29, 1.82) is 0 Å².